The Morgan fingerprint density at radius 3 is 2.81 bits per heavy atom. The largest absolute Gasteiger partial charge is 0.396 e. The van der Waals surface area contributed by atoms with Crippen molar-refractivity contribution >= 4 is 11.3 Å². The summed E-state index contributed by atoms with van der Waals surface area (Å²) in [6, 6.07) is 0.640. The molecule has 21 heavy (non-hydrogen) atoms. The minimum atomic E-state index is 0.244. The summed E-state index contributed by atoms with van der Waals surface area (Å²) in [4.78, 5) is 7.20. The summed E-state index contributed by atoms with van der Waals surface area (Å²) in [5.74, 6) is 0.528. The van der Waals surface area contributed by atoms with Gasteiger partial charge in [0.15, 0.2) is 0 Å². The van der Waals surface area contributed by atoms with Crippen molar-refractivity contribution in [2.24, 2.45) is 5.92 Å². The Hall–Kier alpha value is -0.490. The van der Waals surface area contributed by atoms with E-state index in [4.69, 9.17) is 9.72 Å². The zero-order valence-corrected chi connectivity index (χ0v) is 13.6. The van der Waals surface area contributed by atoms with E-state index in [-0.39, 0.29) is 6.10 Å². The second kappa shape index (κ2) is 7.18. The molecule has 1 aromatic rings. The van der Waals surface area contributed by atoms with Crippen LogP contribution in [0.3, 0.4) is 0 Å². The fraction of sp³-hybridized carbons (Fsp3) is 0.812. The number of hydrogen-bond donors (Lipinski definition) is 1. The van der Waals surface area contributed by atoms with E-state index in [1.54, 1.807) is 11.3 Å². The molecule has 0 radical (unpaired) electrons. The van der Waals surface area contributed by atoms with E-state index >= 15 is 0 Å². The molecule has 0 spiro atoms. The van der Waals surface area contributed by atoms with Gasteiger partial charge in [-0.15, -0.1) is 11.3 Å². The number of ether oxygens (including phenoxy) is 1. The SMILES string of the molecule is CN(Cc1csc(C2CCCO2)n1)C1CCC(CO)CC1. The van der Waals surface area contributed by atoms with Gasteiger partial charge in [-0.3, -0.25) is 4.90 Å². The van der Waals surface area contributed by atoms with Crippen LogP contribution in [0.15, 0.2) is 5.38 Å². The molecule has 1 aliphatic heterocycles. The maximum Gasteiger partial charge on any atom is 0.122 e. The lowest BCUT2D eigenvalue weighted by atomic mass is 9.86. The highest BCUT2D eigenvalue weighted by Crippen LogP contribution is 2.31. The molecule has 3 rings (SSSR count). The molecule has 1 atom stereocenters. The van der Waals surface area contributed by atoms with E-state index in [1.165, 1.54) is 18.5 Å². The zero-order chi connectivity index (χ0) is 14.7. The van der Waals surface area contributed by atoms with Crippen LogP contribution < -0.4 is 0 Å². The van der Waals surface area contributed by atoms with Gasteiger partial charge in [0.1, 0.15) is 11.1 Å². The summed E-state index contributed by atoms with van der Waals surface area (Å²) in [7, 11) is 2.20. The standard InChI is InChI=1S/C16H26N2O2S/c1-18(14-6-4-12(10-19)5-7-14)9-13-11-21-16(17-13)15-3-2-8-20-15/h11-12,14-15,19H,2-10H2,1H3. The highest BCUT2D eigenvalue weighted by atomic mass is 32.1. The van der Waals surface area contributed by atoms with Crippen LogP contribution in [0.4, 0.5) is 0 Å². The Morgan fingerprint density at radius 1 is 1.33 bits per heavy atom. The van der Waals surface area contributed by atoms with Gasteiger partial charge in [0.2, 0.25) is 0 Å². The first kappa shape index (κ1) is 15.4. The van der Waals surface area contributed by atoms with Crippen molar-refractivity contribution in [3.63, 3.8) is 0 Å². The van der Waals surface area contributed by atoms with Crippen LogP contribution in [0.2, 0.25) is 0 Å². The van der Waals surface area contributed by atoms with Crippen molar-refractivity contribution < 1.29 is 9.84 Å². The zero-order valence-electron chi connectivity index (χ0n) is 12.8. The van der Waals surface area contributed by atoms with Gasteiger partial charge in [-0.25, -0.2) is 4.98 Å². The molecule has 2 heterocycles. The third kappa shape index (κ3) is 3.83. The van der Waals surface area contributed by atoms with Crippen LogP contribution in [0.1, 0.15) is 55.3 Å². The highest BCUT2D eigenvalue weighted by molar-refractivity contribution is 7.09. The number of hydrogen-bond acceptors (Lipinski definition) is 5. The monoisotopic (exact) mass is 310 g/mol. The van der Waals surface area contributed by atoms with Crippen LogP contribution in [-0.2, 0) is 11.3 Å². The number of nitrogens with zero attached hydrogens (tertiary/aromatic N) is 2. The number of rotatable bonds is 5. The number of aliphatic hydroxyl groups excluding tert-OH is 1. The second-order valence-electron chi connectivity index (χ2n) is 6.45. The molecule has 1 unspecified atom stereocenters. The maximum atomic E-state index is 9.22. The Balaban J connectivity index is 1.51. The van der Waals surface area contributed by atoms with E-state index < -0.39 is 0 Å². The smallest absolute Gasteiger partial charge is 0.122 e. The van der Waals surface area contributed by atoms with E-state index in [1.807, 2.05) is 0 Å². The number of aromatic nitrogens is 1. The van der Waals surface area contributed by atoms with Gasteiger partial charge < -0.3 is 9.84 Å². The molecule has 0 bridgehead atoms. The summed E-state index contributed by atoms with van der Waals surface area (Å²) in [5, 5.41) is 12.6. The van der Waals surface area contributed by atoms with Gasteiger partial charge in [0.05, 0.1) is 5.69 Å². The average molecular weight is 310 g/mol. The van der Waals surface area contributed by atoms with Gasteiger partial charge in [-0.2, -0.15) is 0 Å². The molecule has 1 saturated carbocycles. The van der Waals surface area contributed by atoms with Crippen molar-refractivity contribution in [1.29, 1.82) is 0 Å². The Bertz CT molecular complexity index is 437. The van der Waals surface area contributed by atoms with Crippen molar-refractivity contribution in [2.45, 2.75) is 57.2 Å². The van der Waals surface area contributed by atoms with Crippen LogP contribution >= 0.6 is 11.3 Å². The summed E-state index contributed by atoms with van der Waals surface area (Å²) in [6.45, 7) is 2.17. The summed E-state index contributed by atoms with van der Waals surface area (Å²) < 4.78 is 5.71. The molecule has 0 amide bonds. The highest BCUT2D eigenvalue weighted by Gasteiger charge is 2.25. The summed E-state index contributed by atoms with van der Waals surface area (Å²) in [6.07, 6.45) is 7.23. The first-order valence-electron chi connectivity index (χ1n) is 8.13. The normalized spacial score (nSPS) is 30.1. The Kier molecular flexibility index (Phi) is 5.27. The van der Waals surface area contributed by atoms with Crippen LogP contribution in [0.5, 0.6) is 0 Å². The van der Waals surface area contributed by atoms with Crippen molar-refractivity contribution in [3.8, 4) is 0 Å². The van der Waals surface area contributed by atoms with E-state index in [2.05, 4.69) is 17.3 Å². The molecule has 1 aliphatic carbocycles. The van der Waals surface area contributed by atoms with Gasteiger partial charge in [-0.1, -0.05) is 0 Å². The molecule has 2 aliphatic rings. The fourth-order valence-corrected chi connectivity index (χ4v) is 4.36. The first-order valence-corrected chi connectivity index (χ1v) is 9.01. The molecule has 0 aromatic carbocycles. The lowest BCUT2D eigenvalue weighted by molar-refractivity contribution is 0.110. The van der Waals surface area contributed by atoms with E-state index in [9.17, 15) is 5.11 Å². The molecule has 1 N–H and O–H groups in total. The minimum Gasteiger partial charge on any atom is -0.396 e. The van der Waals surface area contributed by atoms with Crippen molar-refractivity contribution in [3.05, 3.63) is 16.1 Å². The predicted octanol–water partition coefficient (Wildman–Crippen LogP) is 2.98. The predicted molar refractivity (Wildman–Crippen MR) is 84.3 cm³/mol. The molecule has 118 valence electrons. The van der Waals surface area contributed by atoms with Crippen LogP contribution in [-0.4, -0.2) is 41.3 Å². The lowest BCUT2D eigenvalue weighted by Gasteiger charge is -2.33. The number of thiazole rings is 1. The summed E-state index contributed by atoms with van der Waals surface area (Å²) in [5.41, 5.74) is 1.18. The van der Waals surface area contributed by atoms with Crippen LogP contribution in [0, 0.1) is 5.92 Å². The molecule has 1 saturated heterocycles. The first-order chi connectivity index (χ1) is 10.3. The van der Waals surface area contributed by atoms with Gasteiger partial charge in [0, 0.05) is 31.2 Å². The second-order valence-corrected chi connectivity index (χ2v) is 7.34. The molecule has 5 heteroatoms. The average Bonchev–Trinajstić information content (AvgIpc) is 3.18. The summed E-state index contributed by atoms with van der Waals surface area (Å²) >= 11 is 1.74. The lowest BCUT2D eigenvalue weighted by Crippen LogP contribution is -2.35. The third-order valence-electron chi connectivity index (χ3n) is 4.88. The van der Waals surface area contributed by atoms with Gasteiger partial charge in [-0.05, 0) is 51.5 Å². The molecule has 1 aromatic heterocycles. The minimum absolute atomic E-state index is 0.244. The fourth-order valence-electron chi connectivity index (χ4n) is 3.47. The molecule has 4 nitrogen and oxygen atoms in total. The van der Waals surface area contributed by atoms with E-state index in [0.29, 0.717) is 18.6 Å². The van der Waals surface area contributed by atoms with Crippen LogP contribution in [0.25, 0.3) is 0 Å². The Morgan fingerprint density at radius 2 is 2.14 bits per heavy atom. The van der Waals surface area contributed by atoms with Crippen molar-refractivity contribution in [1.82, 2.24) is 9.88 Å². The molecular weight excluding hydrogens is 284 g/mol. The molecular formula is C16H26N2O2S. The maximum absolute atomic E-state index is 9.22. The number of aliphatic hydroxyl groups is 1. The van der Waals surface area contributed by atoms with Crippen molar-refractivity contribution in [2.75, 3.05) is 20.3 Å². The molecule has 2 fully saturated rings. The third-order valence-corrected chi connectivity index (χ3v) is 5.87. The Labute approximate surface area is 131 Å². The van der Waals surface area contributed by atoms with E-state index in [0.717, 1.165) is 43.8 Å². The van der Waals surface area contributed by atoms with Gasteiger partial charge >= 0.3 is 0 Å². The quantitative estimate of drug-likeness (QED) is 0.908. The van der Waals surface area contributed by atoms with Gasteiger partial charge in [0.25, 0.3) is 0 Å². The topological polar surface area (TPSA) is 45.6 Å².